The molecule has 2 aromatic rings. The quantitative estimate of drug-likeness (QED) is 0.596. The van der Waals surface area contributed by atoms with Gasteiger partial charge < -0.3 is 9.15 Å². The first kappa shape index (κ1) is 11.1. The molecule has 2 heterocycles. The lowest BCUT2D eigenvalue weighted by Gasteiger charge is -2.02. The third kappa shape index (κ3) is 2.23. The molecule has 0 aliphatic carbocycles. The lowest BCUT2D eigenvalue weighted by Crippen LogP contribution is -2.04. The van der Waals surface area contributed by atoms with Gasteiger partial charge in [0.2, 0.25) is 0 Å². The van der Waals surface area contributed by atoms with E-state index in [0.717, 1.165) is 0 Å². The third-order valence-electron chi connectivity index (χ3n) is 2.16. The van der Waals surface area contributed by atoms with Crippen molar-refractivity contribution in [1.29, 1.82) is 0 Å². The van der Waals surface area contributed by atoms with Gasteiger partial charge in [0.15, 0.2) is 12.0 Å². The predicted octanol–water partition coefficient (Wildman–Crippen LogP) is 1.94. The molecule has 86 valence electrons. The summed E-state index contributed by atoms with van der Waals surface area (Å²) in [6, 6.07) is 6.27. The monoisotopic (exact) mass is 231 g/mol. The Morgan fingerprint density at radius 3 is 2.88 bits per heavy atom. The number of aromatic nitrogens is 1. The molecule has 0 saturated carbocycles. The molecule has 0 fully saturated rings. The molecule has 0 atom stereocenters. The van der Waals surface area contributed by atoms with Gasteiger partial charge >= 0.3 is 5.97 Å². The number of rotatable bonds is 3. The van der Waals surface area contributed by atoms with Gasteiger partial charge in [0.1, 0.15) is 11.4 Å². The molecule has 0 bridgehead atoms. The van der Waals surface area contributed by atoms with Crippen molar-refractivity contribution in [1.82, 2.24) is 4.98 Å². The lowest BCUT2D eigenvalue weighted by molar-refractivity contribution is 0.0600. The van der Waals surface area contributed by atoms with Crippen LogP contribution in [0.1, 0.15) is 20.8 Å². The number of aldehydes is 1. The standard InChI is InChI=1S/C12H9NO4/c1-16-12(15)8-5-9(7-14)13-10(6-8)11-3-2-4-17-11/h2-7H,1H3. The molecular weight excluding hydrogens is 222 g/mol. The second-order valence-corrected chi connectivity index (χ2v) is 3.25. The number of ether oxygens (including phenoxy) is 1. The van der Waals surface area contributed by atoms with Gasteiger partial charge in [0.25, 0.3) is 0 Å². The number of carbonyl (C=O) groups excluding carboxylic acids is 2. The fourth-order valence-electron chi connectivity index (χ4n) is 1.40. The van der Waals surface area contributed by atoms with E-state index in [0.29, 0.717) is 17.7 Å². The van der Waals surface area contributed by atoms with Crippen molar-refractivity contribution in [3.8, 4) is 11.5 Å². The molecule has 0 spiro atoms. The topological polar surface area (TPSA) is 69.4 Å². The minimum Gasteiger partial charge on any atom is -0.465 e. The van der Waals surface area contributed by atoms with Crippen LogP contribution in [0.25, 0.3) is 11.5 Å². The second-order valence-electron chi connectivity index (χ2n) is 3.25. The van der Waals surface area contributed by atoms with E-state index in [9.17, 15) is 9.59 Å². The van der Waals surface area contributed by atoms with Crippen molar-refractivity contribution in [3.63, 3.8) is 0 Å². The van der Waals surface area contributed by atoms with Crippen molar-refractivity contribution >= 4 is 12.3 Å². The molecule has 0 N–H and O–H groups in total. The average molecular weight is 231 g/mol. The minimum absolute atomic E-state index is 0.152. The average Bonchev–Trinajstić information content (AvgIpc) is 2.91. The number of esters is 1. The summed E-state index contributed by atoms with van der Waals surface area (Å²) in [5, 5.41) is 0. The first-order valence-corrected chi connectivity index (χ1v) is 4.84. The van der Waals surface area contributed by atoms with Gasteiger partial charge in [-0.25, -0.2) is 9.78 Å². The van der Waals surface area contributed by atoms with Crippen molar-refractivity contribution < 1.29 is 18.7 Å². The SMILES string of the molecule is COC(=O)c1cc(C=O)nc(-c2ccco2)c1. The molecule has 0 radical (unpaired) electrons. The van der Waals surface area contributed by atoms with E-state index in [4.69, 9.17) is 4.42 Å². The number of furan rings is 1. The fourth-order valence-corrected chi connectivity index (χ4v) is 1.40. The molecule has 0 aliphatic rings. The molecule has 5 heteroatoms. The van der Waals surface area contributed by atoms with Gasteiger partial charge in [0, 0.05) is 0 Å². The summed E-state index contributed by atoms with van der Waals surface area (Å²) in [5.74, 6) is -0.0397. The highest BCUT2D eigenvalue weighted by atomic mass is 16.5. The minimum atomic E-state index is -0.525. The molecule has 2 rings (SSSR count). The smallest absolute Gasteiger partial charge is 0.338 e. The Balaban J connectivity index is 2.53. The molecule has 0 unspecified atom stereocenters. The molecular formula is C12H9NO4. The van der Waals surface area contributed by atoms with Crippen LogP contribution in [0.4, 0.5) is 0 Å². The van der Waals surface area contributed by atoms with E-state index in [-0.39, 0.29) is 11.3 Å². The van der Waals surface area contributed by atoms with Gasteiger partial charge in [-0.05, 0) is 24.3 Å². The van der Waals surface area contributed by atoms with Crippen LogP contribution in [0, 0.1) is 0 Å². The highest BCUT2D eigenvalue weighted by Crippen LogP contribution is 2.19. The van der Waals surface area contributed by atoms with Crippen molar-refractivity contribution in [2.24, 2.45) is 0 Å². The van der Waals surface area contributed by atoms with E-state index in [1.54, 1.807) is 12.1 Å². The number of nitrogens with zero attached hydrogens (tertiary/aromatic N) is 1. The van der Waals surface area contributed by atoms with E-state index < -0.39 is 5.97 Å². The van der Waals surface area contributed by atoms with Crippen LogP contribution in [-0.2, 0) is 4.74 Å². The van der Waals surface area contributed by atoms with Crippen LogP contribution in [0.2, 0.25) is 0 Å². The molecule has 0 aliphatic heterocycles. The van der Waals surface area contributed by atoms with Crippen LogP contribution in [0.5, 0.6) is 0 Å². The summed E-state index contributed by atoms with van der Waals surface area (Å²) >= 11 is 0. The van der Waals surface area contributed by atoms with Gasteiger partial charge in [-0.3, -0.25) is 4.79 Å². The number of hydrogen-bond acceptors (Lipinski definition) is 5. The summed E-state index contributed by atoms with van der Waals surface area (Å²) in [6.45, 7) is 0. The number of carbonyl (C=O) groups is 2. The van der Waals surface area contributed by atoms with Crippen molar-refractivity contribution in [2.75, 3.05) is 7.11 Å². The number of methoxy groups -OCH3 is 1. The van der Waals surface area contributed by atoms with Gasteiger partial charge in [0.05, 0.1) is 18.9 Å². The summed E-state index contributed by atoms with van der Waals surface area (Å²) < 4.78 is 9.75. The van der Waals surface area contributed by atoms with Gasteiger partial charge in [-0.2, -0.15) is 0 Å². The Morgan fingerprint density at radius 1 is 1.47 bits per heavy atom. The normalized spacial score (nSPS) is 9.94. The maximum absolute atomic E-state index is 11.4. The Hall–Kier alpha value is -2.43. The molecule has 0 saturated heterocycles. The molecule has 5 nitrogen and oxygen atoms in total. The lowest BCUT2D eigenvalue weighted by atomic mass is 10.1. The van der Waals surface area contributed by atoms with Crippen LogP contribution in [0.3, 0.4) is 0 Å². The van der Waals surface area contributed by atoms with E-state index in [1.807, 2.05) is 0 Å². The zero-order chi connectivity index (χ0) is 12.3. The van der Waals surface area contributed by atoms with Crippen LogP contribution < -0.4 is 0 Å². The third-order valence-corrected chi connectivity index (χ3v) is 2.16. The zero-order valence-corrected chi connectivity index (χ0v) is 9.04. The summed E-state index contributed by atoms with van der Waals surface area (Å²) in [4.78, 5) is 26.2. The summed E-state index contributed by atoms with van der Waals surface area (Å²) in [7, 11) is 1.27. The van der Waals surface area contributed by atoms with E-state index >= 15 is 0 Å². The van der Waals surface area contributed by atoms with E-state index in [1.165, 1.54) is 25.5 Å². The Morgan fingerprint density at radius 2 is 2.29 bits per heavy atom. The number of hydrogen-bond donors (Lipinski definition) is 0. The molecule has 17 heavy (non-hydrogen) atoms. The Labute approximate surface area is 97.0 Å². The first-order valence-electron chi connectivity index (χ1n) is 4.84. The molecule has 0 aromatic carbocycles. The van der Waals surface area contributed by atoms with Gasteiger partial charge in [-0.15, -0.1) is 0 Å². The summed E-state index contributed by atoms with van der Waals surface area (Å²) in [5.41, 5.74) is 0.829. The highest BCUT2D eigenvalue weighted by Gasteiger charge is 2.12. The largest absolute Gasteiger partial charge is 0.465 e. The number of pyridine rings is 1. The second kappa shape index (κ2) is 4.61. The van der Waals surface area contributed by atoms with Crippen LogP contribution >= 0.6 is 0 Å². The van der Waals surface area contributed by atoms with Gasteiger partial charge in [-0.1, -0.05) is 0 Å². The Kier molecular flexibility index (Phi) is 3.00. The maximum Gasteiger partial charge on any atom is 0.338 e. The predicted molar refractivity (Wildman–Crippen MR) is 58.7 cm³/mol. The molecule has 0 amide bonds. The maximum atomic E-state index is 11.4. The van der Waals surface area contributed by atoms with Crippen molar-refractivity contribution in [2.45, 2.75) is 0 Å². The Bertz CT molecular complexity index is 546. The zero-order valence-electron chi connectivity index (χ0n) is 9.04. The van der Waals surface area contributed by atoms with Crippen LogP contribution in [-0.4, -0.2) is 24.3 Å². The van der Waals surface area contributed by atoms with Crippen LogP contribution in [0.15, 0.2) is 34.9 Å². The van der Waals surface area contributed by atoms with E-state index in [2.05, 4.69) is 9.72 Å². The molecule has 2 aromatic heterocycles. The highest BCUT2D eigenvalue weighted by molar-refractivity contribution is 5.92. The summed E-state index contributed by atoms with van der Waals surface area (Å²) in [6.07, 6.45) is 2.06. The fraction of sp³-hybridized carbons (Fsp3) is 0.0833. The van der Waals surface area contributed by atoms with Crippen molar-refractivity contribution in [3.05, 3.63) is 41.8 Å². The first-order chi connectivity index (χ1) is 8.24.